The fourth-order valence-corrected chi connectivity index (χ4v) is 4.06. The molecule has 1 amide bonds. The van der Waals surface area contributed by atoms with Gasteiger partial charge in [-0.2, -0.15) is 10.1 Å². The molecule has 0 saturated carbocycles. The highest BCUT2D eigenvalue weighted by atomic mass is 35.5. The Labute approximate surface area is 205 Å². The van der Waals surface area contributed by atoms with Crippen LogP contribution in [0.1, 0.15) is 6.42 Å². The van der Waals surface area contributed by atoms with Gasteiger partial charge in [0.2, 0.25) is 5.95 Å². The highest BCUT2D eigenvalue weighted by molar-refractivity contribution is 6.38. The maximum Gasteiger partial charge on any atom is 0.258 e. The Balaban J connectivity index is 1.30. The van der Waals surface area contributed by atoms with Crippen LogP contribution >= 0.6 is 11.6 Å². The van der Waals surface area contributed by atoms with Crippen LogP contribution in [0.2, 0.25) is 5.02 Å². The number of H-pyrrole nitrogens is 1. The zero-order valence-corrected chi connectivity index (χ0v) is 19.9. The number of aromatic amines is 1. The normalized spacial score (nSPS) is 15.3. The molecule has 0 radical (unpaired) electrons. The summed E-state index contributed by atoms with van der Waals surface area (Å²) in [7, 11) is 3.32. The average Bonchev–Trinajstić information content (AvgIpc) is 3.62. The van der Waals surface area contributed by atoms with Crippen LogP contribution in [-0.2, 0) is 16.6 Å². The molecule has 182 valence electrons. The van der Waals surface area contributed by atoms with Crippen LogP contribution in [0, 0.1) is 0 Å². The number of benzene rings is 2. The van der Waals surface area contributed by atoms with E-state index in [1.54, 1.807) is 30.1 Å². The number of nitrogens with zero attached hydrogens (tertiary/aromatic N) is 4. The molecule has 1 aliphatic heterocycles. The van der Waals surface area contributed by atoms with E-state index in [1.807, 2.05) is 18.2 Å². The predicted octanol–water partition coefficient (Wildman–Crippen LogP) is 3.05. The summed E-state index contributed by atoms with van der Waals surface area (Å²) in [6.07, 6.45) is 2.48. The van der Waals surface area contributed by atoms with Crippen molar-refractivity contribution in [3.63, 3.8) is 0 Å². The van der Waals surface area contributed by atoms with Gasteiger partial charge in [0.05, 0.1) is 42.2 Å². The molecular formula is C23H24ClN7O4. The van der Waals surface area contributed by atoms with E-state index in [2.05, 4.69) is 30.9 Å². The number of hydrogen-bond donors (Lipinski definition) is 3. The Bertz CT molecular complexity index is 1360. The van der Waals surface area contributed by atoms with Crippen LogP contribution in [0.4, 0.5) is 11.6 Å². The molecule has 12 heteroatoms. The summed E-state index contributed by atoms with van der Waals surface area (Å²) >= 11 is 6.52. The number of carbonyl (C=O) groups excluding carboxylic acids is 1. The van der Waals surface area contributed by atoms with Gasteiger partial charge in [-0.1, -0.05) is 11.6 Å². The van der Waals surface area contributed by atoms with E-state index in [9.17, 15) is 4.79 Å². The van der Waals surface area contributed by atoms with Gasteiger partial charge in [-0.3, -0.25) is 9.89 Å². The van der Waals surface area contributed by atoms with E-state index >= 15 is 0 Å². The van der Waals surface area contributed by atoms with Gasteiger partial charge in [-0.25, -0.2) is 4.68 Å². The third-order valence-corrected chi connectivity index (χ3v) is 6.05. The largest absolute Gasteiger partial charge is 0.493 e. The molecule has 1 saturated heterocycles. The van der Waals surface area contributed by atoms with Crippen molar-refractivity contribution in [2.24, 2.45) is 7.05 Å². The molecule has 3 N–H and O–H groups in total. The van der Waals surface area contributed by atoms with Gasteiger partial charge in [-0.05, 0) is 36.8 Å². The second kappa shape index (κ2) is 9.80. The summed E-state index contributed by atoms with van der Waals surface area (Å²) < 4.78 is 18.1. The lowest BCUT2D eigenvalue weighted by molar-refractivity contribution is -0.123. The topological polar surface area (TPSA) is 128 Å². The summed E-state index contributed by atoms with van der Waals surface area (Å²) in [6, 6.07) is 9.07. The van der Waals surface area contributed by atoms with Crippen LogP contribution in [0.25, 0.3) is 22.3 Å². The lowest BCUT2D eigenvalue weighted by atomic mass is 10.2. The second-order valence-electron chi connectivity index (χ2n) is 8.05. The van der Waals surface area contributed by atoms with Crippen LogP contribution in [0.3, 0.4) is 0 Å². The minimum Gasteiger partial charge on any atom is -0.493 e. The maximum atomic E-state index is 12.2. The highest BCUT2D eigenvalue weighted by Crippen LogP contribution is 2.34. The number of rotatable bonds is 8. The van der Waals surface area contributed by atoms with E-state index in [4.69, 9.17) is 25.8 Å². The Kier molecular flexibility index (Phi) is 6.43. The number of methoxy groups -OCH3 is 1. The number of hydrogen-bond acceptors (Lipinski definition) is 8. The summed E-state index contributed by atoms with van der Waals surface area (Å²) in [5.74, 6) is 1.70. The number of fused-ring (bicyclic) bond motifs is 1. The third-order valence-electron chi connectivity index (χ3n) is 5.64. The SMILES string of the molecule is COc1cc(-c2nc(Nc3ccc4[nH]ncc4c3Cl)n(C)n2)ccc1OCC(=O)NC1CCOC1. The van der Waals surface area contributed by atoms with E-state index in [1.165, 1.54) is 7.11 Å². The summed E-state index contributed by atoms with van der Waals surface area (Å²) in [5, 5.41) is 18.9. The second-order valence-corrected chi connectivity index (χ2v) is 8.43. The minimum atomic E-state index is -0.207. The van der Waals surface area contributed by atoms with Crippen molar-refractivity contribution in [3.8, 4) is 22.9 Å². The molecule has 1 atom stereocenters. The number of amides is 1. The molecule has 1 fully saturated rings. The van der Waals surface area contributed by atoms with Crippen molar-refractivity contribution in [3.05, 3.63) is 41.6 Å². The zero-order chi connectivity index (χ0) is 24.4. The quantitative estimate of drug-likeness (QED) is 0.339. The molecule has 11 nitrogen and oxygen atoms in total. The Morgan fingerprint density at radius 2 is 2.20 bits per heavy atom. The number of anilines is 2. The first kappa shape index (κ1) is 22.9. The molecule has 1 unspecified atom stereocenters. The number of nitrogens with one attached hydrogen (secondary N) is 3. The number of aryl methyl sites for hydroxylation is 1. The smallest absolute Gasteiger partial charge is 0.258 e. The van der Waals surface area contributed by atoms with Crippen molar-refractivity contribution in [1.29, 1.82) is 0 Å². The van der Waals surface area contributed by atoms with E-state index < -0.39 is 0 Å². The number of carbonyl (C=O) groups is 1. The monoisotopic (exact) mass is 497 g/mol. The molecule has 2 aromatic carbocycles. The highest BCUT2D eigenvalue weighted by Gasteiger charge is 2.19. The Morgan fingerprint density at radius 1 is 1.31 bits per heavy atom. The first-order valence-corrected chi connectivity index (χ1v) is 11.4. The number of aromatic nitrogens is 5. The molecule has 2 aromatic heterocycles. The van der Waals surface area contributed by atoms with Gasteiger partial charge in [0.1, 0.15) is 0 Å². The van der Waals surface area contributed by atoms with Gasteiger partial charge in [0, 0.05) is 24.6 Å². The Morgan fingerprint density at radius 3 is 3.00 bits per heavy atom. The lowest BCUT2D eigenvalue weighted by Crippen LogP contribution is -2.38. The van der Waals surface area contributed by atoms with E-state index in [0.717, 1.165) is 22.9 Å². The number of ether oxygens (including phenoxy) is 3. The molecular weight excluding hydrogens is 474 g/mol. The maximum absolute atomic E-state index is 12.2. The van der Waals surface area contributed by atoms with Gasteiger partial charge >= 0.3 is 0 Å². The molecule has 0 bridgehead atoms. The molecule has 35 heavy (non-hydrogen) atoms. The van der Waals surface area contributed by atoms with Crippen LogP contribution in [0.15, 0.2) is 36.5 Å². The van der Waals surface area contributed by atoms with Gasteiger partial charge < -0.3 is 24.8 Å². The molecule has 4 aromatic rings. The summed E-state index contributed by atoms with van der Waals surface area (Å²) in [5.41, 5.74) is 2.26. The van der Waals surface area contributed by atoms with E-state index in [-0.39, 0.29) is 18.6 Å². The van der Waals surface area contributed by atoms with Crippen molar-refractivity contribution >= 4 is 40.0 Å². The average molecular weight is 498 g/mol. The molecule has 0 aliphatic carbocycles. The molecule has 0 spiro atoms. The number of halogens is 1. The summed E-state index contributed by atoms with van der Waals surface area (Å²) in [6.45, 7) is 1.07. The van der Waals surface area contributed by atoms with Crippen molar-refractivity contribution in [2.75, 3.05) is 32.2 Å². The van der Waals surface area contributed by atoms with Gasteiger partial charge in [0.25, 0.3) is 5.91 Å². The van der Waals surface area contributed by atoms with E-state index in [0.29, 0.717) is 47.2 Å². The predicted molar refractivity (Wildman–Crippen MR) is 130 cm³/mol. The Hall–Kier alpha value is -3.83. The first-order chi connectivity index (χ1) is 17.0. The zero-order valence-electron chi connectivity index (χ0n) is 19.2. The third kappa shape index (κ3) is 4.86. The first-order valence-electron chi connectivity index (χ1n) is 11.0. The van der Waals surface area contributed by atoms with Crippen LogP contribution in [-0.4, -0.2) is 63.8 Å². The lowest BCUT2D eigenvalue weighted by Gasteiger charge is -2.13. The van der Waals surface area contributed by atoms with Crippen molar-refractivity contribution < 1.29 is 19.0 Å². The van der Waals surface area contributed by atoms with Gasteiger partial charge in [-0.15, -0.1) is 5.10 Å². The fraction of sp³-hybridized carbons (Fsp3) is 0.304. The standard InChI is InChI=1S/C23H24ClN7O4/c1-31-23(27-17-5-4-16-15(21(17)24)10-25-29-16)28-22(30-31)13-3-6-18(19(9-13)33-2)35-12-20(32)26-14-7-8-34-11-14/h3-6,9-10,14H,7-8,11-12H2,1-2H3,(H,25,29)(H,26,32)(H,27,28,30). The summed E-state index contributed by atoms with van der Waals surface area (Å²) in [4.78, 5) is 16.8. The van der Waals surface area contributed by atoms with Gasteiger partial charge in [0.15, 0.2) is 23.9 Å². The van der Waals surface area contributed by atoms with Crippen molar-refractivity contribution in [1.82, 2.24) is 30.3 Å². The molecule has 5 rings (SSSR count). The van der Waals surface area contributed by atoms with Crippen LogP contribution < -0.4 is 20.1 Å². The minimum absolute atomic E-state index is 0.0323. The fourth-order valence-electron chi connectivity index (χ4n) is 3.80. The molecule has 1 aliphatic rings. The van der Waals surface area contributed by atoms with Crippen LogP contribution in [0.5, 0.6) is 11.5 Å². The van der Waals surface area contributed by atoms with Crippen molar-refractivity contribution in [2.45, 2.75) is 12.5 Å². The molecule has 3 heterocycles.